The first-order valence-electron chi connectivity index (χ1n) is 7.56. The molecule has 0 atom stereocenters. The topological polar surface area (TPSA) is 28.4 Å². The fourth-order valence-electron chi connectivity index (χ4n) is 2.78. The Kier molecular flexibility index (Phi) is 4.39. The van der Waals surface area contributed by atoms with Crippen LogP contribution in [0.4, 0.5) is 11.4 Å². The number of anilines is 2. The minimum atomic E-state index is 0.674. The van der Waals surface area contributed by atoms with E-state index in [1.54, 1.807) is 0 Å². The third kappa shape index (κ3) is 3.53. The zero-order chi connectivity index (χ0) is 14.7. The lowest BCUT2D eigenvalue weighted by molar-refractivity contribution is 0.490. The van der Waals surface area contributed by atoms with Gasteiger partial charge in [0.1, 0.15) is 11.5 Å². The molecule has 4 heteroatoms. The van der Waals surface area contributed by atoms with Gasteiger partial charge in [-0.15, -0.1) is 0 Å². The first-order valence-corrected chi connectivity index (χ1v) is 7.94. The molecule has 112 valence electrons. The molecule has 0 radical (unpaired) electrons. The summed E-state index contributed by atoms with van der Waals surface area (Å²) < 4.78 is 5.55. The van der Waals surface area contributed by atoms with Gasteiger partial charge in [0.15, 0.2) is 0 Å². The summed E-state index contributed by atoms with van der Waals surface area (Å²) in [7, 11) is 0. The van der Waals surface area contributed by atoms with Crippen molar-refractivity contribution in [2.75, 3.05) is 23.3 Å². The lowest BCUT2D eigenvalue weighted by atomic mass is 10.1. The number of hydrogen-bond donors (Lipinski definition) is 1. The molecule has 0 saturated carbocycles. The maximum atomic E-state index is 6.44. The monoisotopic (exact) mass is 304 g/mol. The molecule has 3 nitrogen and oxygen atoms in total. The van der Waals surface area contributed by atoms with Crippen LogP contribution in [0.3, 0.4) is 0 Å². The molecule has 1 saturated heterocycles. The van der Waals surface area contributed by atoms with Gasteiger partial charge in [0.25, 0.3) is 0 Å². The zero-order valence-electron chi connectivity index (χ0n) is 12.4. The van der Waals surface area contributed by atoms with Crippen LogP contribution < -0.4 is 10.2 Å². The molecule has 0 aliphatic carbocycles. The lowest BCUT2D eigenvalue weighted by Gasteiger charge is -2.29. The highest BCUT2D eigenvalue weighted by Gasteiger charge is 2.14. The van der Waals surface area contributed by atoms with Crippen molar-refractivity contribution in [1.82, 2.24) is 0 Å². The molecular weight excluding hydrogens is 284 g/mol. The first-order chi connectivity index (χ1) is 10.2. The molecule has 1 aliphatic rings. The van der Waals surface area contributed by atoms with Gasteiger partial charge < -0.3 is 14.6 Å². The van der Waals surface area contributed by atoms with Crippen molar-refractivity contribution < 1.29 is 4.42 Å². The summed E-state index contributed by atoms with van der Waals surface area (Å²) in [5.74, 6) is 1.87. The molecule has 0 bridgehead atoms. The van der Waals surface area contributed by atoms with E-state index in [4.69, 9.17) is 16.0 Å². The van der Waals surface area contributed by atoms with E-state index in [0.717, 1.165) is 41.0 Å². The van der Waals surface area contributed by atoms with Crippen molar-refractivity contribution >= 4 is 23.0 Å². The second-order valence-electron chi connectivity index (χ2n) is 5.58. The van der Waals surface area contributed by atoms with Crippen LogP contribution in [0.1, 0.15) is 30.8 Å². The van der Waals surface area contributed by atoms with E-state index in [-0.39, 0.29) is 0 Å². The van der Waals surface area contributed by atoms with Crippen molar-refractivity contribution in [3.05, 3.63) is 46.9 Å². The predicted octanol–water partition coefficient (Wildman–Crippen LogP) is 4.84. The minimum absolute atomic E-state index is 0.674. The number of hydrogen-bond acceptors (Lipinski definition) is 3. The number of halogens is 1. The zero-order valence-corrected chi connectivity index (χ0v) is 13.1. The van der Waals surface area contributed by atoms with Crippen LogP contribution in [0.25, 0.3) is 0 Å². The van der Waals surface area contributed by atoms with Gasteiger partial charge in [-0.3, -0.25) is 0 Å². The van der Waals surface area contributed by atoms with E-state index in [2.05, 4.69) is 22.3 Å². The summed E-state index contributed by atoms with van der Waals surface area (Å²) in [6.45, 7) is 4.84. The second-order valence-corrected chi connectivity index (χ2v) is 5.99. The SMILES string of the molecule is Cc1ccc(CNc2ccc(N3CCCCC3)c(Cl)c2)o1. The summed E-state index contributed by atoms with van der Waals surface area (Å²) in [6.07, 6.45) is 3.85. The van der Waals surface area contributed by atoms with Crippen molar-refractivity contribution in [3.63, 3.8) is 0 Å². The number of benzene rings is 1. The molecule has 1 aliphatic heterocycles. The van der Waals surface area contributed by atoms with Crippen LogP contribution in [-0.4, -0.2) is 13.1 Å². The van der Waals surface area contributed by atoms with Gasteiger partial charge in [-0.1, -0.05) is 11.6 Å². The highest BCUT2D eigenvalue weighted by atomic mass is 35.5. The van der Waals surface area contributed by atoms with E-state index >= 15 is 0 Å². The van der Waals surface area contributed by atoms with Crippen LogP contribution >= 0.6 is 11.6 Å². The Labute approximate surface area is 130 Å². The van der Waals surface area contributed by atoms with E-state index in [1.165, 1.54) is 19.3 Å². The highest BCUT2D eigenvalue weighted by Crippen LogP contribution is 2.31. The van der Waals surface area contributed by atoms with Gasteiger partial charge in [0.2, 0.25) is 0 Å². The standard InChI is InChI=1S/C17H21ClN2O/c1-13-5-7-15(21-13)12-19-14-6-8-17(16(18)11-14)20-9-3-2-4-10-20/h5-8,11,19H,2-4,9-10,12H2,1H3. The normalized spacial score (nSPS) is 15.2. The average Bonchev–Trinajstić information content (AvgIpc) is 2.92. The maximum absolute atomic E-state index is 6.44. The Morgan fingerprint density at radius 3 is 2.62 bits per heavy atom. The number of furan rings is 1. The predicted molar refractivity (Wildman–Crippen MR) is 88.3 cm³/mol. The molecule has 0 spiro atoms. The molecular formula is C17H21ClN2O. The van der Waals surface area contributed by atoms with Crippen molar-refractivity contribution in [2.45, 2.75) is 32.7 Å². The fraction of sp³-hybridized carbons (Fsp3) is 0.412. The third-order valence-electron chi connectivity index (χ3n) is 3.91. The summed E-state index contributed by atoms with van der Waals surface area (Å²) in [5, 5.41) is 4.17. The summed E-state index contributed by atoms with van der Waals surface area (Å²) in [4.78, 5) is 2.38. The van der Waals surface area contributed by atoms with Gasteiger partial charge >= 0.3 is 0 Å². The van der Waals surface area contributed by atoms with E-state index in [0.29, 0.717) is 6.54 Å². The fourth-order valence-corrected chi connectivity index (χ4v) is 3.08. The Balaban J connectivity index is 1.65. The lowest BCUT2D eigenvalue weighted by Crippen LogP contribution is -2.29. The van der Waals surface area contributed by atoms with E-state index < -0.39 is 0 Å². The quantitative estimate of drug-likeness (QED) is 0.875. The van der Waals surface area contributed by atoms with E-state index in [9.17, 15) is 0 Å². The Morgan fingerprint density at radius 1 is 1.14 bits per heavy atom. The molecule has 3 rings (SSSR count). The minimum Gasteiger partial charge on any atom is -0.465 e. The summed E-state index contributed by atoms with van der Waals surface area (Å²) >= 11 is 6.44. The molecule has 1 aromatic carbocycles. The number of piperidine rings is 1. The molecule has 2 aromatic rings. The molecule has 1 fully saturated rings. The molecule has 0 amide bonds. The number of aryl methyl sites for hydroxylation is 1. The Hall–Kier alpha value is -1.61. The molecule has 21 heavy (non-hydrogen) atoms. The smallest absolute Gasteiger partial charge is 0.123 e. The van der Waals surface area contributed by atoms with Crippen molar-refractivity contribution in [3.8, 4) is 0 Å². The van der Waals surface area contributed by atoms with Gasteiger partial charge in [0.05, 0.1) is 17.3 Å². The Morgan fingerprint density at radius 2 is 1.95 bits per heavy atom. The number of rotatable bonds is 4. The largest absolute Gasteiger partial charge is 0.465 e. The average molecular weight is 305 g/mol. The first kappa shape index (κ1) is 14.3. The van der Waals surface area contributed by atoms with Gasteiger partial charge in [-0.05, 0) is 56.5 Å². The third-order valence-corrected chi connectivity index (χ3v) is 4.21. The van der Waals surface area contributed by atoms with Crippen molar-refractivity contribution in [2.24, 2.45) is 0 Å². The van der Waals surface area contributed by atoms with Crippen LogP contribution in [0.2, 0.25) is 5.02 Å². The van der Waals surface area contributed by atoms with Gasteiger partial charge in [-0.2, -0.15) is 0 Å². The molecule has 0 unspecified atom stereocenters. The molecule has 1 aromatic heterocycles. The van der Waals surface area contributed by atoms with Gasteiger partial charge in [0, 0.05) is 18.8 Å². The van der Waals surface area contributed by atoms with Crippen LogP contribution in [0.15, 0.2) is 34.7 Å². The number of nitrogens with zero attached hydrogens (tertiary/aromatic N) is 1. The highest BCUT2D eigenvalue weighted by molar-refractivity contribution is 6.33. The maximum Gasteiger partial charge on any atom is 0.123 e. The summed E-state index contributed by atoms with van der Waals surface area (Å²) in [6, 6.07) is 10.2. The van der Waals surface area contributed by atoms with Gasteiger partial charge in [-0.25, -0.2) is 0 Å². The van der Waals surface area contributed by atoms with Crippen molar-refractivity contribution in [1.29, 1.82) is 0 Å². The second kappa shape index (κ2) is 6.44. The summed E-state index contributed by atoms with van der Waals surface area (Å²) in [5.41, 5.74) is 2.17. The number of nitrogens with one attached hydrogen (secondary N) is 1. The molecule has 1 N–H and O–H groups in total. The Bertz CT molecular complexity index is 603. The molecule has 2 heterocycles. The van der Waals surface area contributed by atoms with Crippen LogP contribution in [0, 0.1) is 6.92 Å². The van der Waals surface area contributed by atoms with Crippen LogP contribution in [0.5, 0.6) is 0 Å². The van der Waals surface area contributed by atoms with E-state index in [1.807, 2.05) is 25.1 Å². The van der Waals surface area contributed by atoms with Crippen LogP contribution in [-0.2, 0) is 6.54 Å².